The summed E-state index contributed by atoms with van der Waals surface area (Å²) in [4.78, 5) is 8.91. The fraction of sp³-hybridized carbons (Fsp3) is 0.667. The first kappa shape index (κ1) is 16.9. The lowest BCUT2D eigenvalue weighted by atomic mass is 10.3. The maximum absolute atomic E-state index is 12.6. The molecule has 0 aromatic carbocycles. The zero-order chi connectivity index (χ0) is 16.5. The summed E-state index contributed by atoms with van der Waals surface area (Å²) < 4.78 is 63.4. The second-order valence-corrected chi connectivity index (χ2v) is 7.71. The van der Waals surface area contributed by atoms with Gasteiger partial charge in [0.05, 0.1) is 5.25 Å². The highest BCUT2D eigenvalue weighted by Crippen LogP contribution is 2.28. The van der Waals surface area contributed by atoms with Crippen molar-refractivity contribution in [1.29, 1.82) is 0 Å². The lowest BCUT2D eigenvalue weighted by molar-refractivity contribution is -0.141. The molecule has 0 saturated carbocycles. The summed E-state index contributed by atoms with van der Waals surface area (Å²) in [6.07, 6.45) is -3.47. The number of anilines is 1. The van der Waals surface area contributed by atoms with Crippen molar-refractivity contribution < 1.29 is 21.6 Å². The summed E-state index contributed by atoms with van der Waals surface area (Å²) in [5.41, 5.74) is -1.00. The van der Waals surface area contributed by atoms with Gasteiger partial charge in [0.1, 0.15) is 5.69 Å². The molecule has 1 aliphatic heterocycles. The molecule has 1 aromatic rings. The van der Waals surface area contributed by atoms with E-state index in [0.717, 1.165) is 12.3 Å². The molecule has 0 radical (unpaired) electrons. The maximum atomic E-state index is 12.6. The SMILES string of the molecule is CC(C)S(=O)(=O)N1CCN(c2nccc(C(F)(F)F)n2)CC1. The molecule has 1 fully saturated rings. The molecule has 0 bridgehead atoms. The normalized spacial score (nSPS) is 18.0. The molecule has 0 atom stereocenters. The van der Waals surface area contributed by atoms with Crippen LogP contribution in [0.3, 0.4) is 0 Å². The van der Waals surface area contributed by atoms with Crippen LogP contribution in [-0.4, -0.2) is 54.1 Å². The molecule has 22 heavy (non-hydrogen) atoms. The van der Waals surface area contributed by atoms with Crippen molar-refractivity contribution in [3.05, 3.63) is 18.0 Å². The van der Waals surface area contributed by atoms with E-state index in [1.807, 2.05) is 0 Å². The van der Waals surface area contributed by atoms with Gasteiger partial charge in [-0.15, -0.1) is 0 Å². The number of alkyl halides is 3. The van der Waals surface area contributed by atoms with E-state index in [0.29, 0.717) is 0 Å². The molecule has 2 rings (SSSR count). The van der Waals surface area contributed by atoms with Crippen molar-refractivity contribution in [3.63, 3.8) is 0 Å². The van der Waals surface area contributed by atoms with E-state index in [-0.39, 0.29) is 32.1 Å². The van der Waals surface area contributed by atoms with Gasteiger partial charge >= 0.3 is 6.18 Å². The van der Waals surface area contributed by atoms with E-state index < -0.39 is 27.1 Å². The summed E-state index contributed by atoms with van der Waals surface area (Å²) in [6.45, 7) is 4.12. The van der Waals surface area contributed by atoms with E-state index in [9.17, 15) is 21.6 Å². The topological polar surface area (TPSA) is 66.4 Å². The van der Waals surface area contributed by atoms with Crippen molar-refractivity contribution in [2.45, 2.75) is 25.3 Å². The second kappa shape index (κ2) is 5.99. The van der Waals surface area contributed by atoms with Gasteiger partial charge in [0.15, 0.2) is 0 Å². The average molecular weight is 338 g/mol. The molecule has 6 nitrogen and oxygen atoms in total. The predicted octanol–water partition coefficient (Wildman–Crippen LogP) is 1.36. The maximum Gasteiger partial charge on any atom is 0.433 e. The molecular weight excluding hydrogens is 321 g/mol. The number of hydrogen-bond donors (Lipinski definition) is 0. The molecule has 1 aliphatic rings. The minimum atomic E-state index is -4.53. The fourth-order valence-electron chi connectivity index (χ4n) is 2.10. The van der Waals surface area contributed by atoms with E-state index in [2.05, 4.69) is 9.97 Å². The third-order valence-electron chi connectivity index (χ3n) is 3.41. The van der Waals surface area contributed by atoms with Crippen LogP contribution in [-0.2, 0) is 16.2 Å². The van der Waals surface area contributed by atoms with E-state index in [1.165, 1.54) is 4.31 Å². The van der Waals surface area contributed by atoms with E-state index >= 15 is 0 Å². The first-order chi connectivity index (χ1) is 10.1. The summed E-state index contributed by atoms with van der Waals surface area (Å²) in [7, 11) is -3.35. The minimum absolute atomic E-state index is 0.0311. The van der Waals surface area contributed by atoms with Gasteiger partial charge in [-0.3, -0.25) is 0 Å². The summed E-state index contributed by atoms with van der Waals surface area (Å²) in [6, 6.07) is 0.809. The Hall–Kier alpha value is -1.42. The Labute approximate surface area is 127 Å². The Morgan fingerprint density at radius 3 is 2.27 bits per heavy atom. The van der Waals surface area contributed by atoms with Crippen LogP contribution in [0.15, 0.2) is 12.3 Å². The number of halogens is 3. The van der Waals surface area contributed by atoms with Crippen LogP contribution >= 0.6 is 0 Å². The zero-order valence-electron chi connectivity index (χ0n) is 12.2. The monoisotopic (exact) mass is 338 g/mol. The van der Waals surface area contributed by atoms with Gasteiger partial charge in [0.2, 0.25) is 16.0 Å². The highest BCUT2D eigenvalue weighted by Gasteiger charge is 2.34. The average Bonchev–Trinajstić information content (AvgIpc) is 2.46. The highest BCUT2D eigenvalue weighted by atomic mass is 32.2. The lowest BCUT2D eigenvalue weighted by Gasteiger charge is -2.34. The molecule has 1 aromatic heterocycles. The Bertz CT molecular complexity index is 626. The minimum Gasteiger partial charge on any atom is -0.338 e. The Kier molecular flexibility index (Phi) is 4.62. The van der Waals surface area contributed by atoms with Crippen molar-refractivity contribution in [2.24, 2.45) is 0 Å². The summed E-state index contributed by atoms with van der Waals surface area (Å²) in [5, 5.41) is -0.524. The molecule has 0 amide bonds. The van der Waals surface area contributed by atoms with Gasteiger partial charge in [0.25, 0.3) is 0 Å². The molecule has 0 spiro atoms. The van der Waals surface area contributed by atoms with Crippen LogP contribution in [0, 0.1) is 0 Å². The van der Waals surface area contributed by atoms with Crippen LogP contribution in [0.1, 0.15) is 19.5 Å². The number of sulfonamides is 1. The van der Waals surface area contributed by atoms with E-state index in [1.54, 1.807) is 18.7 Å². The Balaban J connectivity index is 2.10. The predicted molar refractivity (Wildman–Crippen MR) is 74.9 cm³/mol. The van der Waals surface area contributed by atoms with Gasteiger partial charge in [-0.05, 0) is 19.9 Å². The third kappa shape index (κ3) is 3.49. The third-order valence-corrected chi connectivity index (χ3v) is 5.69. The van der Waals surface area contributed by atoms with Crippen LogP contribution < -0.4 is 4.90 Å². The molecule has 2 heterocycles. The fourth-order valence-corrected chi connectivity index (χ4v) is 3.37. The van der Waals surface area contributed by atoms with Gasteiger partial charge < -0.3 is 4.90 Å². The van der Waals surface area contributed by atoms with Crippen molar-refractivity contribution >= 4 is 16.0 Å². The smallest absolute Gasteiger partial charge is 0.338 e. The van der Waals surface area contributed by atoms with Crippen molar-refractivity contribution in [1.82, 2.24) is 14.3 Å². The highest BCUT2D eigenvalue weighted by molar-refractivity contribution is 7.89. The number of rotatable bonds is 3. The summed E-state index contributed by atoms with van der Waals surface area (Å²) >= 11 is 0. The van der Waals surface area contributed by atoms with Gasteiger partial charge in [0, 0.05) is 32.4 Å². The molecule has 0 unspecified atom stereocenters. The number of aromatic nitrogens is 2. The first-order valence-corrected chi connectivity index (χ1v) is 8.27. The molecular formula is C12H17F3N4O2S. The van der Waals surface area contributed by atoms with Gasteiger partial charge in [-0.2, -0.15) is 17.5 Å². The first-order valence-electron chi connectivity index (χ1n) is 6.76. The molecule has 1 saturated heterocycles. The number of piperazine rings is 1. The zero-order valence-corrected chi connectivity index (χ0v) is 13.0. The molecule has 10 heteroatoms. The van der Waals surface area contributed by atoms with Crippen LogP contribution in [0.4, 0.5) is 19.1 Å². The Morgan fingerprint density at radius 1 is 1.18 bits per heavy atom. The van der Waals surface area contributed by atoms with Gasteiger partial charge in [-0.25, -0.2) is 18.4 Å². The summed E-state index contributed by atoms with van der Waals surface area (Å²) in [5.74, 6) is -0.0311. The van der Waals surface area contributed by atoms with Crippen molar-refractivity contribution in [2.75, 3.05) is 31.1 Å². The van der Waals surface area contributed by atoms with Gasteiger partial charge in [-0.1, -0.05) is 0 Å². The van der Waals surface area contributed by atoms with Crippen LogP contribution in [0.2, 0.25) is 0 Å². The van der Waals surface area contributed by atoms with Crippen LogP contribution in [0.25, 0.3) is 0 Å². The standard InChI is InChI=1S/C12H17F3N4O2S/c1-9(2)22(20,21)19-7-5-18(6-8-19)11-16-4-3-10(17-11)12(13,14)15/h3-4,9H,5-8H2,1-2H3. The van der Waals surface area contributed by atoms with Crippen LogP contribution in [0.5, 0.6) is 0 Å². The van der Waals surface area contributed by atoms with E-state index in [4.69, 9.17) is 0 Å². The largest absolute Gasteiger partial charge is 0.433 e. The lowest BCUT2D eigenvalue weighted by Crippen LogP contribution is -2.50. The second-order valence-electron chi connectivity index (χ2n) is 5.22. The molecule has 0 N–H and O–H groups in total. The quantitative estimate of drug-likeness (QED) is 0.832. The number of nitrogens with zero attached hydrogens (tertiary/aromatic N) is 4. The van der Waals surface area contributed by atoms with Crippen molar-refractivity contribution in [3.8, 4) is 0 Å². The molecule has 124 valence electrons. The number of hydrogen-bond acceptors (Lipinski definition) is 5. The molecule has 0 aliphatic carbocycles. The Morgan fingerprint density at radius 2 is 1.77 bits per heavy atom.